The maximum absolute atomic E-state index is 12.3. The van der Waals surface area contributed by atoms with Crippen LogP contribution < -0.4 is 53.3 Å². The number of amides is 5. The average molecular weight is 1030 g/mol. The van der Waals surface area contributed by atoms with Crippen LogP contribution in [0.3, 0.4) is 0 Å². The number of urea groups is 2. The molecule has 0 aliphatic carbocycles. The molecule has 0 saturated carbocycles. The summed E-state index contributed by atoms with van der Waals surface area (Å²) in [6.07, 6.45) is 11.8. The van der Waals surface area contributed by atoms with E-state index in [1.54, 1.807) is 0 Å². The van der Waals surface area contributed by atoms with Crippen LogP contribution in [0.5, 0.6) is 11.5 Å². The number of carbonyl (C=O) groups is 4. The molecule has 3 rings (SSSR count). The maximum atomic E-state index is 12.3. The van der Waals surface area contributed by atoms with Gasteiger partial charge in [-0.2, -0.15) is 0 Å². The van der Waals surface area contributed by atoms with E-state index < -0.39 is 5.91 Å². The van der Waals surface area contributed by atoms with Crippen molar-refractivity contribution in [3.63, 3.8) is 0 Å². The second-order valence-corrected chi connectivity index (χ2v) is 16.6. The summed E-state index contributed by atoms with van der Waals surface area (Å²) in [6, 6.07) is 15.4. The number of aliphatic imine (C=N–C) groups is 2. The molecule has 3 aromatic rings. The topological polar surface area (TPSA) is 318 Å². The summed E-state index contributed by atoms with van der Waals surface area (Å²) in [7, 11) is 0. The average Bonchev–Trinajstić information content (AvgIpc) is 3.35. The van der Waals surface area contributed by atoms with Gasteiger partial charge >= 0.3 is 12.1 Å². The second kappa shape index (κ2) is 36.6. The number of Topliss-reactive ketones (excluding diaryl/α,β-unsaturated/α-hetero) is 1. The molecule has 0 aliphatic heterocycles. The lowest BCUT2D eigenvalue weighted by Crippen LogP contribution is -2.39. The Kier molecular flexibility index (Phi) is 30.4. The fraction of sp³-hybridized carbons (Fsp3) is 0.521. The Labute approximate surface area is 426 Å². The minimum atomic E-state index is -0.687. The Morgan fingerprint density at radius 2 is 1.17 bits per heavy atom. The van der Waals surface area contributed by atoms with Crippen molar-refractivity contribution in [3.05, 3.63) is 70.5 Å². The van der Waals surface area contributed by atoms with E-state index in [2.05, 4.69) is 58.7 Å². The maximum Gasteiger partial charge on any atom is 0.314 e. The van der Waals surface area contributed by atoms with Gasteiger partial charge in [0.2, 0.25) is 0 Å². The Hall–Kier alpha value is -6.29. The number of halogens is 2. The Balaban J connectivity index is 1.05. The number of hydrogen-bond donors (Lipinski definition) is 9. The number of carbonyl (C=O) groups excluding carboxylic acids is 4. The number of hydrogen-bond acceptors (Lipinski definition) is 15. The van der Waals surface area contributed by atoms with Crippen molar-refractivity contribution >= 4 is 76.5 Å². The zero-order valence-corrected chi connectivity index (χ0v) is 41.9. The summed E-state index contributed by atoms with van der Waals surface area (Å²) in [6.45, 7) is 4.30. The molecule has 0 unspecified atom stereocenters. The molecule has 23 heteroatoms. The van der Waals surface area contributed by atoms with Gasteiger partial charge in [-0.05, 0) is 99.6 Å². The van der Waals surface area contributed by atoms with Crippen molar-refractivity contribution in [1.82, 2.24) is 36.6 Å². The SMILES string of the molecule is N=C(CCCCCCc1ccc(OCCOCCNC(=O)NCCCCNC(=O)NCCOCCOc2ccc(CCCCN=C(N)NC(=O)c3nc(Cl)c(N)nc3N)cc2)cc1)CCC(=O)C=NCCl. The van der Waals surface area contributed by atoms with E-state index in [-0.39, 0.29) is 52.3 Å². The van der Waals surface area contributed by atoms with Crippen LogP contribution in [0.1, 0.15) is 92.2 Å². The first-order valence-electron chi connectivity index (χ1n) is 23.9. The third kappa shape index (κ3) is 28.2. The first kappa shape index (κ1) is 59.0. The van der Waals surface area contributed by atoms with Crippen molar-refractivity contribution in [2.75, 3.05) is 89.8 Å². The zero-order valence-electron chi connectivity index (χ0n) is 40.4. The molecule has 0 bridgehead atoms. The van der Waals surface area contributed by atoms with Gasteiger partial charge in [0.15, 0.2) is 34.2 Å². The van der Waals surface area contributed by atoms with Gasteiger partial charge in [-0.1, -0.05) is 48.7 Å². The lowest BCUT2D eigenvalue weighted by atomic mass is 10.0. The molecule has 71 heavy (non-hydrogen) atoms. The van der Waals surface area contributed by atoms with E-state index in [0.717, 1.165) is 74.8 Å². The van der Waals surface area contributed by atoms with Crippen LogP contribution in [0.4, 0.5) is 21.2 Å². The molecule has 12 N–H and O–H groups in total. The summed E-state index contributed by atoms with van der Waals surface area (Å²) in [5, 5.41) is 21.4. The van der Waals surface area contributed by atoms with E-state index in [1.807, 2.05) is 36.4 Å². The van der Waals surface area contributed by atoms with Gasteiger partial charge in [0.1, 0.15) is 30.7 Å². The number of aromatic nitrogens is 2. The molecule has 1 heterocycles. The lowest BCUT2D eigenvalue weighted by Gasteiger charge is -2.10. The molecule has 0 spiro atoms. The first-order chi connectivity index (χ1) is 34.4. The van der Waals surface area contributed by atoms with Crippen LogP contribution in [0.15, 0.2) is 58.5 Å². The highest BCUT2D eigenvalue weighted by atomic mass is 35.5. The molecular formula is C48H71Cl2N13O8. The summed E-state index contributed by atoms with van der Waals surface area (Å²) < 4.78 is 22.7. The number of unbranched alkanes of at least 4 members (excludes halogenated alkanes) is 5. The van der Waals surface area contributed by atoms with Crippen LogP contribution in [0.25, 0.3) is 0 Å². The first-order valence-corrected chi connectivity index (χ1v) is 24.8. The smallest absolute Gasteiger partial charge is 0.314 e. The molecule has 390 valence electrons. The molecule has 2 aromatic carbocycles. The van der Waals surface area contributed by atoms with Crippen LogP contribution in [0.2, 0.25) is 5.15 Å². The van der Waals surface area contributed by atoms with Crippen molar-refractivity contribution in [1.29, 1.82) is 5.41 Å². The quantitative estimate of drug-likeness (QED) is 0.0116. The van der Waals surface area contributed by atoms with Crippen molar-refractivity contribution in [2.24, 2.45) is 15.7 Å². The largest absolute Gasteiger partial charge is 0.491 e. The Morgan fingerprint density at radius 3 is 1.73 bits per heavy atom. The predicted octanol–water partition coefficient (Wildman–Crippen LogP) is 5.36. The number of nitrogens with two attached hydrogens (primary N) is 3. The summed E-state index contributed by atoms with van der Waals surface area (Å²) in [4.78, 5) is 63.6. The highest BCUT2D eigenvalue weighted by Crippen LogP contribution is 2.18. The molecule has 21 nitrogen and oxygen atoms in total. The predicted molar refractivity (Wildman–Crippen MR) is 278 cm³/mol. The van der Waals surface area contributed by atoms with E-state index >= 15 is 0 Å². The number of guanidine groups is 1. The third-order valence-corrected chi connectivity index (χ3v) is 10.7. The number of nitrogen functional groups attached to an aromatic ring is 2. The number of anilines is 2. The van der Waals surface area contributed by atoms with E-state index in [0.29, 0.717) is 104 Å². The standard InChI is InChI=1S/C48H71Cl2N13O8/c49-34-55-33-38(64)17-16-37(51)11-4-2-1-3-9-35-12-18-39(19-13-35)70-31-29-68-27-25-59-47(66)57-23-7-8-24-58-48(67)60-26-28-69-30-32-71-40-20-14-36(15-21-40)10-5-6-22-56-46(54)63-45(65)41-43(52)62-44(53)42(50)61-41/h12-15,18-21,33,51H,1-11,16-17,22-32,34H2,(H4,52,53,62)(H2,57,59,66)(H2,58,60,67)(H3,54,56,63,65). The number of benzene rings is 2. The van der Waals surface area contributed by atoms with Crippen molar-refractivity contribution in [2.45, 2.75) is 83.5 Å². The number of rotatable bonds is 37. The minimum Gasteiger partial charge on any atom is -0.491 e. The molecule has 0 saturated heterocycles. The van der Waals surface area contributed by atoms with Gasteiger partial charge in [-0.3, -0.25) is 24.9 Å². The normalized spacial score (nSPS) is 11.3. The fourth-order valence-electron chi connectivity index (χ4n) is 6.48. The lowest BCUT2D eigenvalue weighted by molar-refractivity contribution is -0.112. The number of aryl methyl sites for hydroxylation is 2. The van der Waals surface area contributed by atoms with Gasteiger partial charge in [0.05, 0.1) is 32.6 Å². The molecule has 0 fully saturated rings. The number of ketones is 1. The fourth-order valence-corrected chi connectivity index (χ4v) is 6.68. The third-order valence-electron chi connectivity index (χ3n) is 10.3. The molecule has 0 atom stereocenters. The van der Waals surface area contributed by atoms with Crippen molar-refractivity contribution in [3.8, 4) is 11.5 Å². The van der Waals surface area contributed by atoms with Gasteiger partial charge in [0, 0.05) is 44.9 Å². The Morgan fingerprint density at radius 1 is 0.634 bits per heavy atom. The highest BCUT2D eigenvalue weighted by molar-refractivity contribution is 6.31. The van der Waals surface area contributed by atoms with E-state index in [4.69, 9.17) is 64.8 Å². The molecular weight excluding hydrogens is 958 g/mol. The summed E-state index contributed by atoms with van der Waals surface area (Å²) in [5.74, 6) is 0.406. The summed E-state index contributed by atoms with van der Waals surface area (Å²) >= 11 is 11.3. The van der Waals surface area contributed by atoms with Crippen LogP contribution in [0, 0.1) is 5.41 Å². The van der Waals surface area contributed by atoms with E-state index in [1.165, 1.54) is 11.8 Å². The molecule has 0 radical (unpaired) electrons. The van der Waals surface area contributed by atoms with E-state index in [9.17, 15) is 19.2 Å². The number of nitrogens with one attached hydrogen (secondary N) is 6. The molecule has 1 aromatic heterocycles. The van der Waals surface area contributed by atoms with Gasteiger partial charge in [-0.15, -0.1) is 11.6 Å². The van der Waals surface area contributed by atoms with Gasteiger partial charge in [-0.25, -0.2) is 19.6 Å². The highest BCUT2D eigenvalue weighted by Gasteiger charge is 2.17. The van der Waals surface area contributed by atoms with Crippen LogP contribution in [-0.2, 0) is 27.1 Å². The molecule has 0 aliphatic rings. The zero-order chi connectivity index (χ0) is 51.3. The Bertz CT molecular complexity index is 2120. The van der Waals surface area contributed by atoms with Gasteiger partial charge < -0.3 is 62.8 Å². The summed E-state index contributed by atoms with van der Waals surface area (Å²) in [5.41, 5.74) is 19.8. The number of nitrogens with zero attached hydrogens (tertiary/aromatic N) is 4. The number of alkyl halides is 1. The molecule has 5 amide bonds. The van der Waals surface area contributed by atoms with Crippen LogP contribution in [-0.4, -0.2) is 130 Å². The number of ether oxygens (including phenoxy) is 4. The minimum absolute atomic E-state index is 0.0709. The van der Waals surface area contributed by atoms with Gasteiger partial charge in [0.25, 0.3) is 5.91 Å². The monoisotopic (exact) mass is 1030 g/mol. The van der Waals surface area contributed by atoms with Crippen LogP contribution >= 0.6 is 23.2 Å². The second-order valence-electron chi connectivity index (χ2n) is 16.0. The van der Waals surface area contributed by atoms with Crippen molar-refractivity contribution < 1.29 is 38.1 Å².